The van der Waals surface area contributed by atoms with Crippen LogP contribution in [0.25, 0.3) is 0 Å². The number of carbonyl (C=O) groups excluding carboxylic acids is 1. The molecule has 1 unspecified atom stereocenters. The van der Waals surface area contributed by atoms with Gasteiger partial charge in [-0.1, -0.05) is 79.0 Å². The molecule has 0 radical (unpaired) electrons. The van der Waals surface area contributed by atoms with Crippen molar-refractivity contribution in [3.63, 3.8) is 0 Å². The number of hydrogen-bond acceptors (Lipinski definition) is 3. The summed E-state index contributed by atoms with van der Waals surface area (Å²) >= 11 is 4.31. The van der Waals surface area contributed by atoms with Crippen LogP contribution in [0.3, 0.4) is 0 Å². The lowest BCUT2D eigenvalue weighted by molar-refractivity contribution is -0.132. The summed E-state index contributed by atoms with van der Waals surface area (Å²) in [6.45, 7) is 8.00. The Bertz CT molecular complexity index is 313. The molecule has 4 heteroatoms. The summed E-state index contributed by atoms with van der Waals surface area (Å²) in [5.41, 5.74) is 0. The molecule has 0 saturated heterocycles. The van der Waals surface area contributed by atoms with Gasteiger partial charge in [0.2, 0.25) is 5.91 Å². The fourth-order valence-corrected chi connectivity index (χ4v) is 4.41. The molecule has 150 valence electrons. The van der Waals surface area contributed by atoms with Gasteiger partial charge in [-0.2, -0.15) is 0 Å². The van der Waals surface area contributed by atoms with E-state index in [4.69, 9.17) is 0 Å². The number of carbonyl (C=O) groups is 1. The van der Waals surface area contributed by atoms with Gasteiger partial charge in [0.25, 0.3) is 0 Å². The predicted molar refractivity (Wildman–Crippen MR) is 114 cm³/mol. The van der Waals surface area contributed by atoms with Crippen LogP contribution in [0.5, 0.6) is 0 Å². The molecule has 2 fully saturated rings. The molecule has 0 bridgehead atoms. The van der Waals surface area contributed by atoms with Gasteiger partial charge < -0.3 is 4.90 Å². The Morgan fingerprint density at radius 3 is 1.92 bits per heavy atom. The van der Waals surface area contributed by atoms with Crippen molar-refractivity contribution in [2.24, 2.45) is 5.92 Å². The van der Waals surface area contributed by atoms with Gasteiger partial charge in [0.05, 0.1) is 0 Å². The van der Waals surface area contributed by atoms with E-state index in [2.05, 4.69) is 17.5 Å². The number of nitrogens with one attached hydrogen (secondary N) is 1. The maximum Gasteiger partial charge on any atom is 0.222 e. The lowest BCUT2D eigenvalue weighted by atomic mass is 9.82. The Labute approximate surface area is 163 Å². The molecule has 1 amide bonds. The van der Waals surface area contributed by atoms with E-state index in [0.29, 0.717) is 30.3 Å². The lowest BCUT2D eigenvalue weighted by Crippen LogP contribution is -2.39. The van der Waals surface area contributed by atoms with Gasteiger partial charge in [-0.3, -0.25) is 9.52 Å². The Hall–Kier alpha value is -0.220. The third-order valence-corrected chi connectivity index (χ3v) is 5.90. The second-order valence-corrected chi connectivity index (χ2v) is 7.23. The maximum atomic E-state index is 12.4. The van der Waals surface area contributed by atoms with Crippen molar-refractivity contribution >= 4 is 18.7 Å². The minimum atomic E-state index is 0.325. The predicted octanol–water partition coefficient (Wildman–Crippen LogP) is 5.99. The largest absolute Gasteiger partial charge is 0.343 e. The van der Waals surface area contributed by atoms with Crippen LogP contribution in [0, 0.1) is 5.92 Å². The van der Waals surface area contributed by atoms with Crippen molar-refractivity contribution in [1.29, 1.82) is 0 Å². The Kier molecular flexibility index (Phi) is 15.8. The number of nitrogens with zero attached hydrogens (tertiary/aromatic N) is 1. The van der Waals surface area contributed by atoms with E-state index in [-0.39, 0.29) is 0 Å². The van der Waals surface area contributed by atoms with Gasteiger partial charge in [0, 0.05) is 25.6 Å². The second-order valence-electron chi connectivity index (χ2n) is 6.97. The molecule has 1 N–H and O–H groups in total. The van der Waals surface area contributed by atoms with Crippen LogP contribution < -0.4 is 4.72 Å². The molecule has 0 aromatic heterocycles. The smallest absolute Gasteiger partial charge is 0.222 e. The monoisotopic (exact) mass is 372 g/mol. The molecule has 0 aromatic carbocycles. The van der Waals surface area contributed by atoms with Crippen molar-refractivity contribution < 1.29 is 4.79 Å². The van der Waals surface area contributed by atoms with E-state index in [1.54, 1.807) is 0 Å². The lowest BCUT2D eigenvalue weighted by Gasteiger charge is -2.33. The zero-order valence-electron chi connectivity index (χ0n) is 17.5. The van der Waals surface area contributed by atoms with Crippen LogP contribution in [0.4, 0.5) is 0 Å². The highest BCUT2D eigenvalue weighted by Gasteiger charge is 2.26. The molecule has 0 heterocycles. The van der Waals surface area contributed by atoms with E-state index >= 15 is 0 Å². The van der Waals surface area contributed by atoms with Crippen LogP contribution in [0.2, 0.25) is 0 Å². The average Bonchev–Trinajstić information content (AvgIpc) is 2.72. The van der Waals surface area contributed by atoms with Crippen LogP contribution in [0.1, 0.15) is 105 Å². The standard InChI is InChI=1S/C17H32N2OS.2C2H6/c1-19(15-10-6-3-7-11-15)17(20)13-12-16(18-21)14-8-4-2-5-9-14;2*1-2/h14-16,18,21H,2-13H2,1H3;2*1-2H3. The molecule has 3 nitrogen and oxygen atoms in total. The van der Waals surface area contributed by atoms with Crippen LogP contribution in [0.15, 0.2) is 0 Å². The SMILES string of the molecule is CC.CC.CN(C(=O)CCC(NS)C1CCCCC1)C1CCCCC1. The highest BCUT2D eigenvalue weighted by atomic mass is 32.1. The minimum absolute atomic E-state index is 0.325. The third kappa shape index (κ3) is 9.33. The quantitative estimate of drug-likeness (QED) is 0.561. The molecular formula is C21H44N2OS. The molecule has 0 spiro atoms. The third-order valence-electron chi connectivity index (χ3n) is 5.57. The highest BCUT2D eigenvalue weighted by molar-refractivity contribution is 7.78. The topological polar surface area (TPSA) is 32.3 Å². The molecular weight excluding hydrogens is 328 g/mol. The van der Waals surface area contributed by atoms with Crippen molar-refractivity contribution in [3.8, 4) is 0 Å². The first-order chi connectivity index (χ1) is 12.2. The Morgan fingerprint density at radius 1 is 0.960 bits per heavy atom. The summed E-state index contributed by atoms with van der Waals surface area (Å²) < 4.78 is 3.17. The highest BCUT2D eigenvalue weighted by Crippen LogP contribution is 2.29. The molecule has 2 saturated carbocycles. The zero-order valence-corrected chi connectivity index (χ0v) is 18.4. The molecule has 2 aliphatic rings. The summed E-state index contributed by atoms with van der Waals surface area (Å²) in [5, 5.41) is 0. The van der Waals surface area contributed by atoms with Gasteiger partial charge in [-0.25, -0.2) is 0 Å². The van der Waals surface area contributed by atoms with Crippen LogP contribution in [-0.2, 0) is 4.79 Å². The second kappa shape index (κ2) is 16.0. The van der Waals surface area contributed by atoms with E-state index in [0.717, 1.165) is 6.42 Å². The van der Waals surface area contributed by atoms with E-state index < -0.39 is 0 Å². The van der Waals surface area contributed by atoms with E-state index in [1.165, 1.54) is 64.2 Å². The first-order valence-corrected chi connectivity index (χ1v) is 11.3. The van der Waals surface area contributed by atoms with Gasteiger partial charge in [0.1, 0.15) is 0 Å². The van der Waals surface area contributed by atoms with Crippen molar-refractivity contribution in [2.75, 3.05) is 7.05 Å². The molecule has 0 aliphatic heterocycles. The Morgan fingerprint density at radius 2 is 1.44 bits per heavy atom. The maximum absolute atomic E-state index is 12.4. The number of rotatable bonds is 6. The Balaban J connectivity index is 0.00000134. The fourth-order valence-electron chi connectivity index (χ4n) is 4.07. The van der Waals surface area contributed by atoms with Gasteiger partial charge in [-0.05, 0) is 38.0 Å². The first kappa shape index (κ1) is 24.8. The molecule has 1 atom stereocenters. The summed E-state index contributed by atoms with van der Waals surface area (Å²) in [5.74, 6) is 1.04. The van der Waals surface area contributed by atoms with Crippen molar-refractivity contribution in [1.82, 2.24) is 9.62 Å². The molecule has 0 aromatic rings. The van der Waals surface area contributed by atoms with Gasteiger partial charge in [-0.15, -0.1) is 0 Å². The average molecular weight is 373 g/mol. The van der Waals surface area contributed by atoms with Gasteiger partial charge in [0.15, 0.2) is 0 Å². The summed E-state index contributed by atoms with van der Waals surface area (Å²) in [4.78, 5) is 14.4. The fraction of sp³-hybridized carbons (Fsp3) is 0.952. The molecule has 2 rings (SSSR count). The molecule has 25 heavy (non-hydrogen) atoms. The minimum Gasteiger partial charge on any atom is -0.343 e. The van der Waals surface area contributed by atoms with E-state index in [9.17, 15) is 4.79 Å². The summed E-state index contributed by atoms with van der Waals surface area (Å²) in [7, 11) is 2.00. The first-order valence-electron chi connectivity index (χ1n) is 10.9. The number of hydrogen-bond donors (Lipinski definition) is 2. The summed E-state index contributed by atoms with van der Waals surface area (Å²) in [6.07, 6.45) is 14.5. The molecule has 2 aliphatic carbocycles. The van der Waals surface area contributed by atoms with Crippen LogP contribution in [-0.4, -0.2) is 29.9 Å². The van der Waals surface area contributed by atoms with Crippen LogP contribution >= 0.6 is 12.8 Å². The number of thiol groups is 1. The zero-order chi connectivity index (χ0) is 19.1. The van der Waals surface area contributed by atoms with Crippen molar-refractivity contribution in [3.05, 3.63) is 0 Å². The number of amides is 1. The normalized spacial score (nSPS) is 19.8. The van der Waals surface area contributed by atoms with Gasteiger partial charge >= 0.3 is 0 Å². The summed E-state index contributed by atoms with van der Waals surface area (Å²) in [6, 6.07) is 0.890. The van der Waals surface area contributed by atoms with Crippen molar-refractivity contribution in [2.45, 2.75) is 117 Å². The van der Waals surface area contributed by atoms with E-state index in [1.807, 2.05) is 39.6 Å².